The van der Waals surface area contributed by atoms with Gasteiger partial charge in [0, 0.05) is 12.2 Å². The molecule has 0 saturated carbocycles. The van der Waals surface area contributed by atoms with Gasteiger partial charge in [0.15, 0.2) is 23.0 Å². The lowest BCUT2D eigenvalue weighted by Crippen LogP contribution is -2.60. The molecule has 3 rings (SSSR count). The monoisotopic (exact) mass is 522 g/mol. The van der Waals surface area contributed by atoms with Crippen LogP contribution in [0.1, 0.15) is 17.5 Å². The fourth-order valence-corrected chi connectivity index (χ4v) is 3.86. The molecule has 2 aromatic carbocycles. The van der Waals surface area contributed by atoms with Crippen LogP contribution in [0.3, 0.4) is 0 Å². The summed E-state index contributed by atoms with van der Waals surface area (Å²) in [4.78, 5) is 0. The third-order valence-corrected chi connectivity index (χ3v) is 5.89. The van der Waals surface area contributed by atoms with E-state index in [9.17, 15) is 25.5 Å². The van der Waals surface area contributed by atoms with Crippen molar-refractivity contribution in [2.75, 3.05) is 34.0 Å². The summed E-state index contributed by atoms with van der Waals surface area (Å²) >= 11 is 0. The van der Waals surface area contributed by atoms with Crippen LogP contribution in [0.25, 0.3) is 5.76 Å². The summed E-state index contributed by atoms with van der Waals surface area (Å²) in [7, 11) is 2.92. The number of hydrogen-bond acceptors (Lipinski definition) is 11. The highest BCUT2D eigenvalue weighted by atomic mass is 16.7. The van der Waals surface area contributed by atoms with Crippen molar-refractivity contribution in [2.45, 2.75) is 43.5 Å². The first-order valence-electron chi connectivity index (χ1n) is 11.8. The zero-order chi connectivity index (χ0) is 26.9. The fourth-order valence-electron chi connectivity index (χ4n) is 3.86. The largest absolute Gasteiger partial charge is 0.493 e. The molecule has 2 aromatic rings. The van der Waals surface area contributed by atoms with Crippen molar-refractivity contribution in [1.29, 1.82) is 0 Å². The van der Waals surface area contributed by atoms with Crippen LogP contribution in [-0.4, -0.2) is 95.4 Å². The maximum Gasteiger partial charge on any atom is 0.229 e. The Morgan fingerprint density at radius 1 is 0.865 bits per heavy atom. The predicted octanol–water partition coefficient (Wildman–Crippen LogP) is 0.220. The van der Waals surface area contributed by atoms with Crippen LogP contribution in [0.4, 0.5) is 0 Å². The second-order valence-corrected chi connectivity index (χ2v) is 8.35. The molecule has 0 radical (unpaired) electrons. The van der Waals surface area contributed by atoms with Crippen molar-refractivity contribution < 1.29 is 54.3 Å². The molecule has 37 heavy (non-hydrogen) atoms. The SMILES string of the molecule is COc1cc(CCCO)ccc1OC(=CCO)c1ccc(OC2OC(CO)C(O)C(O)C2O)c(OC)c1. The summed E-state index contributed by atoms with van der Waals surface area (Å²) in [6.45, 7) is -0.807. The highest BCUT2D eigenvalue weighted by Crippen LogP contribution is 2.36. The summed E-state index contributed by atoms with van der Waals surface area (Å²) in [6, 6.07) is 10.2. The van der Waals surface area contributed by atoms with Gasteiger partial charge in [0.05, 0.1) is 27.4 Å². The maximum absolute atomic E-state index is 10.3. The molecule has 0 amide bonds. The van der Waals surface area contributed by atoms with Crippen molar-refractivity contribution in [3.05, 3.63) is 53.6 Å². The molecule has 5 unspecified atom stereocenters. The summed E-state index contributed by atoms with van der Waals surface area (Å²) in [5.74, 6) is 1.59. The smallest absolute Gasteiger partial charge is 0.229 e. The second-order valence-electron chi connectivity index (χ2n) is 8.35. The normalized spacial score (nSPS) is 24.0. The maximum atomic E-state index is 10.3. The van der Waals surface area contributed by atoms with Gasteiger partial charge in [0.25, 0.3) is 0 Å². The van der Waals surface area contributed by atoms with Crippen LogP contribution in [0, 0.1) is 0 Å². The van der Waals surface area contributed by atoms with Crippen LogP contribution in [0.5, 0.6) is 23.0 Å². The Bertz CT molecular complexity index is 1040. The number of methoxy groups -OCH3 is 2. The Morgan fingerprint density at radius 3 is 2.22 bits per heavy atom. The van der Waals surface area contributed by atoms with Crippen LogP contribution in [0.15, 0.2) is 42.5 Å². The van der Waals surface area contributed by atoms with Gasteiger partial charge >= 0.3 is 0 Å². The van der Waals surface area contributed by atoms with Crippen LogP contribution in [0.2, 0.25) is 0 Å². The van der Waals surface area contributed by atoms with Gasteiger partial charge < -0.3 is 54.3 Å². The average molecular weight is 523 g/mol. The first-order chi connectivity index (χ1) is 17.9. The van der Waals surface area contributed by atoms with Gasteiger partial charge in [-0.1, -0.05) is 6.07 Å². The standard InChI is InChI=1S/C26H34O11/c1-33-20-12-15(4-3-10-27)5-7-18(20)35-17(9-11-28)16-6-8-19(21(13-16)34-2)36-26-25(32)24(31)23(30)22(14-29)37-26/h5-9,12-13,22-32H,3-4,10-11,14H2,1-2H3. The zero-order valence-electron chi connectivity index (χ0n) is 20.7. The lowest BCUT2D eigenvalue weighted by molar-refractivity contribution is -0.277. The molecular weight excluding hydrogens is 488 g/mol. The van der Waals surface area contributed by atoms with Gasteiger partial charge in [-0.3, -0.25) is 0 Å². The predicted molar refractivity (Wildman–Crippen MR) is 131 cm³/mol. The molecule has 5 atom stereocenters. The number of aliphatic hydroxyl groups excluding tert-OH is 6. The Hall–Kier alpha value is -2.90. The third-order valence-electron chi connectivity index (χ3n) is 5.89. The van der Waals surface area contributed by atoms with Gasteiger partial charge in [-0.05, 0) is 54.8 Å². The molecule has 204 valence electrons. The molecule has 11 nitrogen and oxygen atoms in total. The average Bonchev–Trinajstić information content (AvgIpc) is 2.92. The van der Waals surface area contributed by atoms with Crippen molar-refractivity contribution in [2.24, 2.45) is 0 Å². The Kier molecular flexibility index (Phi) is 10.5. The van der Waals surface area contributed by atoms with E-state index in [1.807, 2.05) is 12.1 Å². The van der Waals surface area contributed by atoms with E-state index in [2.05, 4.69) is 0 Å². The molecule has 11 heteroatoms. The molecule has 0 bridgehead atoms. The third kappa shape index (κ3) is 6.90. The van der Waals surface area contributed by atoms with Crippen LogP contribution in [-0.2, 0) is 11.2 Å². The number of aliphatic hydroxyl groups is 6. The van der Waals surface area contributed by atoms with Crippen molar-refractivity contribution in [1.82, 2.24) is 0 Å². The molecule has 1 heterocycles. The van der Waals surface area contributed by atoms with E-state index in [0.717, 1.165) is 5.56 Å². The van der Waals surface area contributed by atoms with E-state index >= 15 is 0 Å². The minimum Gasteiger partial charge on any atom is -0.493 e. The topological polar surface area (TPSA) is 168 Å². The number of aryl methyl sites for hydroxylation is 1. The lowest BCUT2D eigenvalue weighted by atomic mass is 9.99. The molecule has 1 aliphatic rings. The van der Waals surface area contributed by atoms with Gasteiger partial charge in [-0.15, -0.1) is 0 Å². The highest BCUT2D eigenvalue weighted by Gasteiger charge is 2.45. The summed E-state index contributed by atoms with van der Waals surface area (Å²) in [6.07, 6.45) is -4.41. The van der Waals surface area contributed by atoms with E-state index in [1.165, 1.54) is 26.4 Å². The molecular formula is C26H34O11. The van der Waals surface area contributed by atoms with Gasteiger partial charge in [-0.2, -0.15) is 0 Å². The first kappa shape index (κ1) is 28.7. The second kappa shape index (κ2) is 13.6. The van der Waals surface area contributed by atoms with Gasteiger partial charge in [0.1, 0.15) is 30.2 Å². The van der Waals surface area contributed by atoms with Crippen LogP contribution >= 0.6 is 0 Å². The number of ether oxygens (including phenoxy) is 5. The van der Waals surface area contributed by atoms with Crippen molar-refractivity contribution >= 4 is 5.76 Å². The number of hydrogen-bond donors (Lipinski definition) is 6. The quantitative estimate of drug-likeness (QED) is 0.211. The van der Waals surface area contributed by atoms with E-state index in [4.69, 9.17) is 28.8 Å². The van der Waals surface area contributed by atoms with Gasteiger partial charge in [-0.25, -0.2) is 0 Å². The van der Waals surface area contributed by atoms with Crippen LogP contribution < -0.4 is 18.9 Å². The summed E-state index contributed by atoms with van der Waals surface area (Å²) < 4.78 is 28.1. The Labute approximate surface area is 214 Å². The first-order valence-corrected chi connectivity index (χ1v) is 11.8. The lowest BCUT2D eigenvalue weighted by Gasteiger charge is -2.39. The molecule has 0 aromatic heterocycles. The summed E-state index contributed by atoms with van der Waals surface area (Å²) in [5.41, 5.74) is 1.50. The summed E-state index contributed by atoms with van der Waals surface area (Å²) in [5, 5.41) is 58.3. The highest BCUT2D eigenvalue weighted by molar-refractivity contribution is 5.66. The molecule has 0 spiro atoms. The molecule has 0 aliphatic carbocycles. The number of benzene rings is 2. The molecule has 1 aliphatic heterocycles. The minimum absolute atomic E-state index is 0.0852. The molecule has 1 fully saturated rings. The Morgan fingerprint density at radius 2 is 1.57 bits per heavy atom. The van der Waals surface area contributed by atoms with Gasteiger partial charge in [0.2, 0.25) is 6.29 Å². The van der Waals surface area contributed by atoms with E-state index in [0.29, 0.717) is 35.7 Å². The van der Waals surface area contributed by atoms with E-state index < -0.39 is 37.3 Å². The Balaban J connectivity index is 1.84. The zero-order valence-corrected chi connectivity index (χ0v) is 20.7. The molecule has 1 saturated heterocycles. The fraction of sp³-hybridized carbons (Fsp3) is 0.462. The minimum atomic E-state index is -1.58. The van der Waals surface area contributed by atoms with Crippen molar-refractivity contribution in [3.8, 4) is 23.0 Å². The molecule has 6 N–H and O–H groups in total. The van der Waals surface area contributed by atoms with E-state index in [-0.39, 0.29) is 24.7 Å². The van der Waals surface area contributed by atoms with E-state index in [1.54, 1.807) is 18.2 Å². The number of rotatable bonds is 12. The van der Waals surface area contributed by atoms with Crippen molar-refractivity contribution in [3.63, 3.8) is 0 Å².